The predicted molar refractivity (Wildman–Crippen MR) is 83.2 cm³/mol. The van der Waals surface area contributed by atoms with Crippen molar-refractivity contribution in [2.75, 3.05) is 6.61 Å². The molecule has 0 bridgehead atoms. The van der Waals surface area contributed by atoms with Crippen molar-refractivity contribution >= 4 is 23.5 Å². The van der Waals surface area contributed by atoms with Gasteiger partial charge in [-0.25, -0.2) is 4.79 Å². The molecule has 114 valence electrons. The topological polar surface area (TPSA) is 55.4 Å². The lowest BCUT2D eigenvalue weighted by molar-refractivity contribution is -0.146. The lowest BCUT2D eigenvalue weighted by Crippen LogP contribution is -2.40. The fourth-order valence-corrected chi connectivity index (χ4v) is 1.81. The molecule has 0 heterocycles. The summed E-state index contributed by atoms with van der Waals surface area (Å²) in [6, 6.07) is 6.37. The first-order chi connectivity index (χ1) is 9.88. The molecule has 1 atom stereocenters. The molecule has 1 aromatic carbocycles. The van der Waals surface area contributed by atoms with Crippen molar-refractivity contribution < 1.29 is 14.3 Å². The van der Waals surface area contributed by atoms with Gasteiger partial charge in [-0.1, -0.05) is 29.3 Å². The Labute approximate surface area is 130 Å². The van der Waals surface area contributed by atoms with Crippen LogP contribution in [-0.2, 0) is 20.7 Å². The zero-order chi connectivity index (χ0) is 15.8. The summed E-state index contributed by atoms with van der Waals surface area (Å²) < 4.78 is 5.03. The number of halogens is 1. The molecule has 1 N–H and O–H groups in total. The molecule has 1 amide bonds. The summed E-state index contributed by atoms with van der Waals surface area (Å²) in [4.78, 5) is 23.5. The molecule has 21 heavy (non-hydrogen) atoms. The van der Waals surface area contributed by atoms with Gasteiger partial charge < -0.3 is 10.1 Å². The lowest BCUT2D eigenvalue weighted by Gasteiger charge is -2.13. The highest BCUT2D eigenvalue weighted by molar-refractivity contribution is 6.30. The first-order valence-corrected chi connectivity index (χ1v) is 7.10. The number of rotatable bonds is 6. The molecule has 1 rings (SSSR count). The second-order valence-electron chi connectivity index (χ2n) is 5.01. The third kappa shape index (κ3) is 6.95. The van der Waals surface area contributed by atoms with Crippen molar-refractivity contribution in [2.45, 2.75) is 33.2 Å². The van der Waals surface area contributed by atoms with Gasteiger partial charge in [0.15, 0.2) is 0 Å². The minimum atomic E-state index is -0.678. The van der Waals surface area contributed by atoms with E-state index < -0.39 is 12.0 Å². The van der Waals surface area contributed by atoms with E-state index in [4.69, 9.17) is 16.3 Å². The Balaban J connectivity index is 2.43. The standard InChI is InChI=1S/C16H20ClNO3/c1-11(2)7-8-21-16(20)12(3)18-15(19)10-13-5-4-6-14(17)9-13/h4-7,9,12H,8,10H2,1-3H3,(H,18,19). The number of amides is 1. The molecule has 0 radical (unpaired) electrons. The number of benzene rings is 1. The first-order valence-electron chi connectivity index (χ1n) is 6.72. The number of ether oxygens (including phenoxy) is 1. The van der Waals surface area contributed by atoms with Gasteiger partial charge in [0, 0.05) is 5.02 Å². The Hall–Kier alpha value is -1.81. The van der Waals surface area contributed by atoms with Crippen molar-refractivity contribution in [1.82, 2.24) is 5.32 Å². The summed E-state index contributed by atoms with van der Waals surface area (Å²) in [5.41, 5.74) is 1.87. The van der Waals surface area contributed by atoms with Gasteiger partial charge in [0.05, 0.1) is 6.42 Å². The number of allylic oxidation sites excluding steroid dienone is 1. The van der Waals surface area contributed by atoms with Crippen LogP contribution in [0.25, 0.3) is 0 Å². The maximum absolute atomic E-state index is 11.8. The Morgan fingerprint density at radius 2 is 2.10 bits per heavy atom. The molecule has 1 unspecified atom stereocenters. The largest absolute Gasteiger partial charge is 0.460 e. The van der Waals surface area contributed by atoms with Crippen LogP contribution in [0.4, 0.5) is 0 Å². The molecule has 0 aliphatic rings. The molecule has 0 fully saturated rings. The van der Waals surface area contributed by atoms with E-state index in [9.17, 15) is 9.59 Å². The van der Waals surface area contributed by atoms with E-state index in [1.54, 1.807) is 31.2 Å². The highest BCUT2D eigenvalue weighted by Gasteiger charge is 2.16. The number of hydrogen-bond acceptors (Lipinski definition) is 3. The summed E-state index contributed by atoms with van der Waals surface area (Å²) in [5, 5.41) is 3.19. The zero-order valence-electron chi connectivity index (χ0n) is 12.5. The summed E-state index contributed by atoms with van der Waals surface area (Å²) in [7, 11) is 0. The third-order valence-electron chi connectivity index (χ3n) is 2.70. The van der Waals surface area contributed by atoms with E-state index in [1.807, 2.05) is 19.9 Å². The molecule has 0 aliphatic carbocycles. The van der Waals surface area contributed by atoms with Gasteiger partial charge in [-0.15, -0.1) is 0 Å². The molecular weight excluding hydrogens is 290 g/mol. The van der Waals surface area contributed by atoms with Gasteiger partial charge in [-0.05, 0) is 44.5 Å². The number of nitrogens with one attached hydrogen (secondary N) is 1. The molecule has 1 aromatic rings. The van der Waals surface area contributed by atoms with Gasteiger partial charge in [0.25, 0.3) is 0 Å². The normalized spacial score (nSPS) is 11.4. The monoisotopic (exact) mass is 309 g/mol. The molecule has 0 saturated carbocycles. The molecule has 5 heteroatoms. The van der Waals surface area contributed by atoms with Crippen LogP contribution in [0, 0.1) is 0 Å². The van der Waals surface area contributed by atoms with Crippen LogP contribution in [0.3, 0.4) is 0 Å². The number of carbonyl (C=O) groups is 2. The molecule has 0 saturated heterocycles. The van der Waals surface area contributed by atoms with Gasteiger partial charge >= 0.3 is 5.97 Å². The summed E-state index contributed by atoms with van der Waals surface area (Å²) in [6.07, 6.45) is 1.98. The van der Waals surface area contributed by atoms with E-state index >= 15 is 0 Å². The van der Waals surface area contributed by atoms with Crippen LogP contribution in [0.5, 0.6) is 0 Å². The van der Waals surface area contributed by atoms with Crippen LogP contribution in [-0.4, -0.2) is 24.5 Å². The van der Waals surface area contributed by atoms with E-state index in [1.165, 1.54) is 0 Å². The second kappa shape index (κ2) is 8.47. The fourth-order valence-electron chi connectivity index (χ4n) is 1.60. The second-order valence-corrected chi connectivity index (χ2v) is 5.44. The Kier molecular flexibility index (Phi) is 6.96. The van der Waals surface area contributed by atoms with Crippen LogP contribution >= 0.6 is 11.6 Å². The van der Waals surface area contributed by atoms with Gasteiger partial charge in [0.2, 0.25) is 5.91 Å². The Bertz CT molecular complexity index is 536. The Morgan fingerprint density at radius 1 is 1.38 bits per heavy atom. The van der Waals surface area contributed by atoms with Crippen LogP contribution in [0.1, 0.15) is 26.3 Å². The van der Waals surface area contributed by atoms with E-state index in [0.29, 0.717) is 5.02 Å². The molecule has 0 aliphatic heterocycles. The maximum atomic E-state index is 11.8. The zero-order valence-corrected chi connectivity index (χ0v) is 13.2. The van der Waals surface area contributed by atoms with E-state index in [2.05, 4.69) is 5.32 Å². The predicted octanol–water partition coefficient (Wildman–Crippen LogP) is 2.90. The molecule has 0 aromatic heterocycles. The number of hydrogen-bond donors (Lipinski definition) is 1. The number of esters is 1. The van der Waals surface area contributed by atoms with E-state index in [0.717, 1.165) is 11.1 Å². The van der Waals surface area contributed by atoms with Gasteiger partial charge in [0.1, 0.15) is 12.6 Å². The summed E-state index contributed by atoms with van der Waals surface area (Å²) >= 11 is 5.86. The highest BCUT2D eigenvalue weighted by atomic mass is 35.5. The SMILES string of the molecule is CC(C)=CCOC(=O)C(C)NC(=O)Cc1cccc(Cl)c1. The quantitative estimate of drug-likeness (QED) is 0.649. The van der Waals surface area contributed by atoms with Gasteiger partial charge in [-0.3, -0.25) is 4.79 Å². The molecule has 0 spiro atoms. The smallest absolute Gasteiger partial charge is 0.328 e. The van der Waals surface area contributed by atoms with Crippen molar-refractivity contribution in [1.29, 1.82) is 0 Å². The number of carbonyl (C=O) groups excluding carboxylic acids is 2. The van der Waals surface area contributed by atoms with Crippen LogP contribution in [0.15, 0.2) is 35.9 Å². The molecule has 4 nitrogen and oxygen atoms in total. The summed E-state index contributed by atoms with van der Waals surface area (Å²) in [6.45, 7) is 5.66. The average Bonchev–Trinajstić information content (AvgIpc) is 2.37. The highest BCUT2D eigenvalue weighted by Crippen LogP contribution is 2.11. The van der Waals surface area contributed by atoms with E-state index in [-0.39, 0.29) is 18.9 Å². The maximum Gasteiger partial charge on any atom is 0.328 e. The van der Waals surface area contributed by atoms with Crippen LogP contribution < -0.4 is 5.32 Å². The fraction of sp³-hybridized carbons (Fsp3) is 0.375. The van der Waals surface area contributed by atoms with Gasteiger partial charge in [-0.2, -0.15) is 0 Å². The van der Waals surface area contributed by atoms with Crippen molar-refractivity contribution in [3.8, 4) is 0 Å². The minimum Gasteiger partial charge on any atom is -0.460 e. The first kappa shape index (κ1) is 17.2. The minimum absolute atomic E-state index is 0.173. The molecular formula is C16H20ClNO3. The lowest BCUT2D eigenvalue weighted by atomic mass is 10.1. The Morgan fingerprint density at radius 3 is 2.71 bits per heavy atom. The van der Waals surface area contributed by atoms with Crippen molar-refractivity contribution in [3.63, 3.8) is 0 Å². The van der Waals surface area contributed by atoms with Crippen molar-refractivity contribution in [3.05, 3.63) is 46.5 Å². The van der Waals surface area contributed by atoms with Crippen molar-refractivity contribution in [2.24, 2.45) is 0 Å². The summed E-state index contributed by atoms with van der Waals surface area (Å²) in [5.74, 6) is -0.698. The van der Waals surface area contributed by atoms with Crippen LogP contribution in [0.2, 0.25) is 5.02 Å². The third-order valence-corrected chi connectivity index (χ3v) is 2.94. The average molecular weight is 310 g/mol.